The fourth-order valence-electron chi connectivity index (χ4n) is 1.64. The molecule has 1 aromatic rings. The van der Waals surface area contributed by atoms with Crippen molar-refractivity contribution >= 4 is 10.0 Å². The Morgan fingerprint density at radius 1 is 1.26 bits per heavy atom. The maximum Gasteiger partial charge on any atom is 0.216 e. The lowest BCUT2D eigenvalue weighted by molar-refractivity contribution is 0.343. The van der Waals surface area contributed by atoms with Crippen LogP contribution in [-0.4, -0.2) is 36.1 Å². The van der Waals surface area contributed by atoms with Crippen LogP contribution in [0.5, 0.6) is 5.88 Å². The van der Waals surface area contributed by atoms with Gasteiger partial charge in [-0.3, -0.25) is 0 Å². The van der Waals surface area contributed by atoms with Gasteiger partial charge in [-0.1, -0.05) is 6.07 Å². The predicted octanol–water partition coefficient (Wildman–Crippen LogP) is 2.04. The summed E-state index contributed by atoms with van der Waals surface area (Å²) in [7, 11) is -1.73. The Kier molecular flexibility index (Phi) is 5.31. The standard InChI is InChI=1S/C13H22N2O3S/c1-10(2)15(19(16,17)11(3)4)9-12-6-7-13(18-5)14-8-12/h6-8,10-11H,9H2,1-5H3. The third kappa shape index (κ3) is 3.91. The van der Waals surface area contributed by atoms with Crippen molar-refractivity contribution in [2.75, 3.05) is 7.11 Å². The average Bonchev–Trinajstić information content (AvgIpc) is 2.35. The van der Waals surface area contributed by atoms with Gasteiger partial charge in [0.15, 0.2) is 0 Å². The first kappa shape index (κ1) is 15.9. The Bertz CT molecular complexity index is 495. The van der Waals surface area contributed by atoms with E-state index in [-0.39, 0.29) is 6.04 Å². The van der Waals surface area contributed by atoms with Gasteiger partial charge in [0.25, 0.3) is 0 Å². The van der Waals surface area contributed by atoms with E-state index in [1.165, 1.54) is 4.31 Å². The minimum Gasteiger partial charge on any atom is -0.481 e. The lowest BCUT2D eigenvalue weighted by atomic mass is 10.2. The van der Waals surface area contributed by atoms with E-state index in [1.54, 1.807) is 33.2 Å². The van der Waals surface area contributed by atoms with Gasteiger partial charge in [-0.25, -0.2) is 13.4 Å². The minimum absolute atomic E-state index is 0.0884. The Morgan fingerprint density at radius 3 is 2.26 bits per heavy atom. The van der Waals surface area contributed by atoms with Crippen LogP contribution in [-0.2, 0) is 16.6 Å². The van der Waals surface area contributed by atoms with E-state index in [9.17, 15) is 8.42 Å². The second-order valence-electron chi connectivity index (χ2n) is 4.94. The van der Waals surface area contributed by atoms with Crippen LogP contribution in [0.25, 0.3) is 0 Å². The van der Waals surface area contributed by atoms with Gasteiger partial charge in [0.2, 0.25) is 15.9 Å². The highest BCUT2D eigenvalue weighted by molar-refractivity contribution is 7.89. The smallest absolute Gasteiger partial charge is 0.216 e. The Hall–Kier alpha value is -1.14. The Balaban J connectivity index is 2.96. The molecular formula is C13H22N2O3S. The van der Waals surface area contributed by atoms with Crippen LogP contribution in [0.2, 0.25) is 0 Å². The highest BCUT2D eigenvalue weighted by atomic mass is 32.2. The Labute approximate surface area is 115 Å². The van der Waals surface area contributed by atoms with Crippen molar-refractivity contribution in [3.8, 4) is 5.88 Å². The zero-order chi connectivity index (χ0) is 14.6. The van der Waals surface area contributed by atoms with Gasteiger partial charge in [-0.2, -0.15) is 4.31 Å². The molecule has 0 aliphatic carbocycles. The molecule has 0 N–H and O–H groups in total. The highest BCUT2D eigenvalue weighted by Gasteiger charge is 2.28. The van der Waals surface area contributed by atoms with Crippen molar-refractivity contribution in [3.05, 3.63) is 23.9 Å². The van der Waals surface area contributed by atoms with Crippen LogP contribution in [0.1, 0.15) is 33.3 Å². The van der Waals surface area contributed by atoms with Gasteiger partial charge in [0.1, 0.15) is 0 Å². The van der Waals surface area contributed by atoms with Crippen molar-refractivity contribution in [2.45, 2.75) is 45.5 Å². The largest absolute Gasteiger partial charge is 0.481 e. The molecule has 1 heterocycles. The number of aromatic nitrogens is 1. The van der Waals surface area contributed by atoms with Gasteiger partial charge >= 0.3 is 0 Å². The lowest BCUT2D eigenvalue weighted by Gasteiger charge is -2.27. The molecule has 0 aliphatic rings. The van der Waals surface area contributed by atoms with Crippen LogP contribution in [0, 0.1) is 0 Å². The van der Waals surface area contributed by atoms with E-state index in [0.717, 1.165) is 5.56 Å². The van der Waals surface area contributed by atoms with Crippen LogP contribution in [0.15, 0.2) is 18.3 Å². The zero-order valence-electron chi connectivity index (χ0n) is 12.1. The van der Waals surface area contributed by atoms with Crippen LogP contribution in [0.4, 0.5) is 0 Å². The van der Waals surface area contributed by atoms with Gasteiger partial charge < -0.3 is 4.74 Å². The van der Waals surface area contributed by atoms with Crippen LogP contribution in [0.3, 0.4) is 0 Å². The summed E-state index contributed by atoms with van der Waals surface area (Å²) in [6, 6.07) is 3.47. The first-order valence-corrected chi connectivity index (χ1v) is 7.79. The fraction of sp³-hybridized carbons (Fsp3) is 0.615. The summed E-state index contributed by atoms with van der Waals surface area (Å²) in [6.45, 7) is 7.46. The molecule has 0 aromatic carbocycles. The molecule has 6 heteroatoms. The molecule has 19 heavy (non-hydrogen) atoms. The minimum atomic E-state index is -3.28. The number of rotatable bonds is 6. The SMILES string of the molecule is COc1ccc(CN(C(C)C)S(=O)(=O)C(C)C)cn1. The fourth-order valence-corrected chi connectivity index (χ4v) is 3.10. The van der Waals surface area contributed by atoms with Crippen LogP contribution >= 0.6 is 0 Å². The number of hydrogen-bond acceptors (Lipinski definition) is 4. The molecule has 0 radical (unpaired) electrons. The molecule has 0 saturated carbocycles. The number of pyridine rings is 1. The molecule has 0 saturated heterocycles. The summed E-state index contributed by atoms with van der Waals surface area (Å²) < 4.78 is 31.0. The maximum absolute atomic E-state index is 12.3. The molecule has 0 spiro atoms. The molecule has 5 nitrogen and oxygen atoms in total. The number of ether oxygens (including phenoxy) is 1. The number of nitrogens with zero attached hydrogens (tertiary/aromatic N) is 2. The molecular weight excluding hydrogens is 264 g/mol. The molecule has 1 rings (SSSR count). The van der Waals surface area contributed by atoms with Crippen molar-refractivity contribution in [2.24, 2.45) is 0 Å². The van der Waals surface area contributed by atoms with Crippen molar-refractivity contribution in [3.63, 3.8) is 0 Å². The number of sulfonamides is 1. The Morgan fingerprint density at radius 2 is 1.89 bits per heavy atom. The van der Waals surface area contributed by atoms with Crippen molar-refractivity contribution in [1.82, 2.24) is 9.29 Å². The maximum atomic E-state index is 12.3. The molecule has 108 valence electrons. The monoisotopic (exact) mass is 286 g/mol. The second-order valence-corrected chi connectivity index (χ2v) is 7.38. The average molecular weight is 286 g/mol. The van der Waals surface area contributed by atoms with Crippen molar-refractivity contribution in [1.29, 1.82) is 0 Å². The first-order valence-electron chi connectivity index (χ1n) is 6.28. The van der Waals surface area contributed by atoms with E-state index in [2.05, 4.69) is 4.98 Å². The molecule has 0 bridgehead atoms. The molecule has 0 amide bonds. The third-order valence-corrected chi connectivity index (χ3v) is 5.24. The molecule has 0 atom stereocenters. The summed E-state index contributed by atoms with van der Waals surface area (Å²) in [5.74, 6) is 0.520. The van der Waals surface area contributed by atoms with E-state index < -0.39 is 15.3 Å². The van der Waals surface area contributed by atoms with E-state index >= 15 is 0 Å². The summed E-state index contributed by atoms with van der Waals surface area (Å²) in [6.07, 6.45) is 1.64. The summed E-state index contributed by atoms with van der Waals surface area (Å²) in [5, 5.41) is -0.430. The molecule has 0 aliphatic heterocycles. The molecule has 1 aromatic heterocycles. The highest BCUT2D eigenvalue weighted by Crippen LogP contribution is 2.17. The van der Waals surface area contributed by atoms with Crippen molar-refractivity contribution < 1.29 is 13.2 Å². The predicted molar refractivity (Wildman–Crippen MR) is 75.5 cm³/mol. The van der Waals surface area contributed by atoms with Crippen LogP contribution < -0.4 is 4.74 Å². The van der Waals surface area contributed by atoms with E-state index in [0.29, 0.717) is 12.4 Å². The normalized spacial score (nSPS) is 12.4. The summed E-state index contributed by atoms with van der Waals surface area (Å²) >= 11 is 0. The van der Waals surface area contributed by atoms with Gasteiger partial charge in [0, 0.05) is 24.8 Å². The van der Waals surface area contributed by atoms with E-state index in [1.807, 2.05) is 19.9 Å². The van der Waals surface area contributed by atoms with Gasteiger partial charge in [-0.05, 0) is 33.3 Å². The number of hydrogen-bond donors (Lipinski definition) is 0. The van der Waals surface area contributed by atoms with Gasteiger partial charge in [0.05, 0.1) is 12.4 Å². The quantitative estimate of drug-likeness (QED) is 0.803. The van der Waals surface area contributed by atoms with E-state index in [4.69, 9.17) is 4.74 Å². The molecule has 0 fully saturated rings. The second kappa shape index (κ2) is 6.34. The first-order chi connectivity index (χ1) is 8.78. The zero-order valence-corrected chi connectivity index (χ0v) is 12.9. The van der Waals surface area contributed by atoms with Gasteiger partial charge in [-0.15, -0.1) is 0 Å². The lowest BCUT2D eigenvalue weighted by Crippen LogP contribution is -2.40. The topological polar surface area (TPSA) is 59.5 Å². The third-order valence-electron chi connectivity index (χ3n) is 2.84. The summed E-state index contributed by atoms with van der Waals surface area (Å²) in [4.78, 5) is 4.09. The summed E-state index contributed by atoms with van der Waals surface area (Å²) in [5.41, 5.74) is 0.846. The number of methoxy groups -OCH3 is 1. The molecule has 0 unspecified atom stereocenters.